The first-order chi connectivity index (χ1) is 12.5. The highest BCUT2D eigenvalue weighted by Crippen LogP contribution is 2.32. The number of nitrogens with zero attached hydrogens (tertiary/aromatic N) is 1. The summed E-state index contributed by atoms with van der Waals surface area (Å²) in [7, 11) is 0. The molecule has 0 saturated carbocycles. The summed E-state index contributed by atoms with van der Waals surface area (Å²) in [6.45, 7) is 0.959. The lowest BCUT2D eigenvalue weighted by atomic mass is 10.1. The van der Waals surface area contributed by atoms with E-state index in [2.05, 4.69) is 0 Å². The predicted octanol–water partition coefficient (Wildman–Crippen LogP) is 0.906. The maximum Gasteiger partial charge on any atom is 0.257 e. The highest BCUT2D eigenvalue weighted by molar-refractivity contribution is 5.76. The fourth-order valence-electron chi connectivity index (χ4n) is 2.81. The number of nitrogens with one attached hydrogen (secondary N) is 1. The van der Waals surface area contributed by atoms with Crippen LogP contribution in [0, 0.1) is 0 Å². The van der Waals surface area contributed by atoms with Crippen molar-refractivity contribution in [3.05, 3.63) is 59.2 Å². The summed E-state index contributed by atoms with van der Waals surface area (Å²) in [5.41, 5.74) is 3.73. The summed E-state index contributed by atoms with van der Waals surface area (Å²) < 4.78 is 10.7. The quantitative estimate of drug-likeness (QED) is 0.330. The van der Waals surface area contributed by atoms with E-state index in [-0.39, 0.29) is 13.3 Å². The normalized spacial score (nSPS) is 12.7. The second-order valence-electron chi connectivity index (χ2n) is 5.99. The van der Waals surface area contributed by atoms with E-state index in [1.54, 1.807) is 23.7 Å². The molecule has 0 atom stereocenters. The Morgan fingerprint density at radius 3 is 2.54 bits per heavy atom. The molecule has 2 aromatic rings. The van der Waals surface area contributed by atoms with E-state index in [0.29, 0.717) is 30.2 Å². The van der Waals surface area contributed by atoms with Crippen LogP contribution in [0.25, 0.3) is 0 Å². The molecule has 0 aliphatic carbocycles. The Morgan fingerprint density at radius 2 is 1.81 bits per heavy atom. The van der Waals surface area contributed by atoms with E-state index in [4.69, 9.17) is 14.7 Å². The lowest BCUT2D eigenvalue weighted by Crippen LogP contribution is -2.35. The van der Waals surface area contributed by atoms with Crippen molar-refractivity contribution in [2.24, 2.45) is 0 Å². The van der Waals surface area contributed by atoms with Gasteiger partial charge in [-0.3, -0.25) is 14.9 Å². The number of rotatable bonds is 7. The van der Waals surface area contributed by atoms with Gasteiger partial charge >= 0.3 is 0 Å². The second-order valence-corrected chi connectivity index (χ2v) is 5.99. The first-order valence-corrected chi connectivity index (χ1v) is 8.04. The van der Waals surface area contributed by atoms with E-state index < -0.39 is 12.2 Å². The number of hydrogen-bond acceptors (Lipinski definition) is 7. The summed E-state index contributed by atoms with van der Waals surface area (Å²) in [5.74, 6) is 0.793. The molecule has 138 valence electrons. The Kier molecular flexibility index (Phi) is 5.69. The fraction of sp³-hybridized carbons (Fsp3) is 0.278. The molecule has 3 rings (SSSR count). The number of aliphatic hydroxyl groups excluding tert-OH is 1. The van der Waals surface area contributed by atoms with Gasteiger partial charge in [0.2, 0.25) is 6.79 Å². The molecule has 1 aliphatic rings. The maximum absolute atomic E-state index is 11.6. The van der Waals surface area contributed by atoms with Crippen LogP contribution in [-0.4, -0.2) is 39.6 Å². The topological polar surface area (TPSA) is 111 Å². The van der Waals surface area contributed by atoms with Crippen molar-refractivity contribution in [3.63, 3.8) is 0 Å². The molecule has 0 aromatic heterocycles. The fourth-order valence-corrected chi connectivity index (χ4v) is 2.81. The van der Waals surface area contributed by atoms with Gasteiger partial charge in [0.25, 0.3) is 5.91 Å². The van der Waals surface area contributed by atoms with Gasteiger partial charge in [-0.05, 0) is 29.3 Å². The van der Waals surface area contributed by atoms with Crippen molar-refractivity contribution in [1.29, 1.82) is 0 Å². The lowest BCUT2D eigenvalue weighted by molar-refractivity contribution is -0.130. The molecule has 26 heavy (non-hydrogen) atoms. The minimum atomic E-state index is -1.56. The molecule has 1 amide bonds. The van der Waals surface area contributed by atoms with E-state index in [1.165, 1.54) is 0 Å². The molecule has 0 bridgehead atoms. The average Bonchev–Trinajstić information content (AvgIpc) is 3.09. The Hall–Kier alpha value is -2.65. The number of hydroxylamine groups is 1. The molecule has 8 nitrogen and oxygen atoms in total. The van der Waals surface area contributed by atoms with Crippen LogP contribution in [0.3, 0.4) is 0 Å². The van der Waals surface area contributed by atoms with Gasteiger partial charge in [0.1, 0.15) is 0 Å². The largest absolute Gasteiger partial charge is 0.454 e. The second kappa shape index (κ2) is 8.15. The zero-order chi connectivity index (χ0) is 18.5. The van der Waals surface area contributed by atoms with Crippen molar-refractivity contribution in [2.75, 3.05) is 13.3 Å². The zero-order valence-corrected chi connectivity index (χ0v) is 14.0. The van der Waals surface area contributed by atoms with Crippen LogP contribution in [0.1, 0.15) is 23.0 Å². The minimum Gasteiger partial charge on any atom is -0.454 e. The van der Waals surface area contributed by atoms with Gasteiger partial charge in [-0.25, -0.2) is 5.48 Å². The summed E-state index contributed by atoms with van der Waals surface area (Å²) in [4.78, 5) is 13.4. The minimum absolute atomic E-state index is 0.0309. The molecule has 2 aromatic carbocycles. The molecule has 0 fully saturated rings. The molecule has 0 spiro atoms. The van der Waals surface area contributed by atoms with Gasteiger partial charge in [-0.15, -0.1) is 0 Å². The van der Waals surface area contributed by atoms with E-state index >= 15 is 0 Å². The van der Waals surface area contributed by atoms with Crippen molar-refractivity contribution in [2.45, 2.75) is 19.4 Å². The molecule has 0 unspecified atom stereocenters. The molecule has 4 N–H and O–H groups in total. The third-order valence-corrected chi connectivity index (χ3v) is 3.99. The van der Waals surface area contributed by atoms with E-state index in [9.17, 15) is 15.0 Å². The van der Waals surface area contributed by atoms with Crippen molar-refractivity contribution in [1.82, 2.24) is 10.4 Å². The van der Waals surface area contributed by atoms with Gasteiger partial charge in [0.15, 0.2) is 17.8 Å². The van der Waals surface area contributed by atoms with Crippen molar-refractivity contribution in [3.8, 4) is 11.5 Å². The smallest absolute Gasteiger partial charge is 0.257 e. The molecular weight excluding hydrogens is 340 g/mol. The number of carbonyl (C=O) groups is 1. The SMILES string of the molecule is O=C(CN(Cc1cccc(C(O)O)c1)Cc1ccc2c(c1)OCO2)NO. The molecule has 8 heteroatoms. The monoisotopic (exact) mass is 360 g/mol. The first kappa shape index (κ1) is 18.2. The van der Waals surface area contributed by atoms with Gasteiger partial charge in [-0.1, -0.05) is 24.3 Å². The third kappa shape index (κ3) is 4.50. The van der Waals surface area contributed by atoms with Crippen LogP contribution >= 0.6 is 0 Å². The van der Waals surface area contributed by atoms with Gasteiger partial charge in [0.05, 0.1) is 6.54 Å². The number of aliphatic hydroxyl groups is 2. The number of amides is 1. The number of fused-ring (bicyclic) bond motifs is 1. The van der Waals surface area contributed by atoms with Crippen LogP contribution < -0.4 is 15.0 Å². The highest BCUT2D eigenvalue weighted by atomic mass is 16.7. The van der Waals surface area contributed by atoms with Crippen molar-refractivity contribution < 1.29 is 29.7 Å². The predicted molar refractivity (Wildman–Crippen MR) is 90.2 cm³/mol. The Morgan fingerprint density at radius 1 is 1.08 bits per heavy atom. The number of ether oxygens (including phenoxy) is 2. The highest BCUT2D eigenvalue weighted by Gasteiger charge is 2.17. The summed E-state index contributed by atoms with van der Waals surface area (Å²) in [6.07, 6.45) is -1.56. The molecule has 1 aliphatic heterocycles. The zero-order valence-electron chi connectivity index (χ0n) is 14.0. The van der Waals surface area contributed by atoms with Crippen LogP contribution in [0.2, 0.25) is 0 Å². The van der Waals surface area contributed by atoms with Crippen LogP contribution in [0.15, 0.2) is 42.5 Å². The van der Waals surface area contributed by atoms with E-state index in [1.807, 2.05) is 29.2 Å². The number of carbonyl (C=O) groups excluding carboxylic acids is 1. The average molecular weight is 360 g/mol. The van der Waals surface area contributed by atoms with E-state index in [0.717, 1.165) is 11.1 Å². The lowest BCUT2D eigenvalue weighted by Gasteiger charge is -2.22. The van der Waals surface area contributed by atoms with Gasteiger partial charge in [0, 0.05) is 18.7 Å². The summed E-state index contributed by atoms with van der Waals surface area (Å²) >= 11 is 0. The standard InChI is InChI=1S/C18H20N2O6/c21-17(19-24)10-20(8-12-2-1-3-14(6-12)18(22)23)9-13-4-5-15-16(7-13)26-11-25-15/h1-7,18,22-24H,8-11H2,(H,19,21). The Balaban J connectivity index is 1.76. The third-order valence-electron chi connectivity index (χ3n) is 3.99. The number of benzene rings is 2. The molecule has 0 radical (unpaired) electrons. The Bertz CT molecular complexity index is 780. The first-order valence-electron chi connectivity index (χ1n) is 8.04. The van der Waals surface area contributed by atoms with Crippen LogP contribution in [0.4, 0.5) is 0 Å². The maximum atomic E-state index is 11.6. The van der Waals surface area contributed by atoms with Gasteiger partial charge < -0.3 is 19.7 Å². The van der Waals surface area contributed by atoms with Crippen LogP contribution in [-0.2, 0) is 17.9 Å². The number of hydrogen-bond donors (Lipinski definition) is 4. The molecule has 0 saturated heterocycles. The molecule has 1 heterocycles. The van der Waals surface area contributed by atoms with Crippen LogP contribution in [0.5, 0.6) is 11.5 Å². The van der Waals surface area contributed by atoms with Crippen molar-refractivity contribution >= 4 is 5.91 Å². The summed E-state index contributed by atoms with van der Waals surface area (Å²) in [6, 6.07) is 12.4. The van der Waals surface area contributed by atoms with Gasteiger partial charge in [-0.2, -0.15) is 0 Å². The summed E-state index contributed by atoms with van der Waals surface area (Å²) in [5, 5.41) is 27.4. The Labute approximate surface area is 150 Å². The molecular formula is C18H20N2O6.